The molecule has 0 bridgehead atoms. The molecule has 150 valence electrons. The molecule has 2 unspecified atom stereocenters. The van der Waals surface area contributed by atoms with E-state index in [0.717, 1.165) is 25.0 Å². The van der Waals surface area contributed by atoms with Crippen molar-refractivity contribution in [2.24, 2.45) is 51.3 Å². The molecule has 0 aliphatic heterocycles. The van der Waals surface area contributed by atoms with Crippen molar-refractivity contribution in [3.63, 3.8) is 0 Å². The molecular formula is C22H34N2O3. The maximum Gasteiger partial charge on any atom is 0.147 e. The molecule has 27 heavy (non-hydrogen) atoms. The Morgan fingerprint density at radius 2 is 1.93 bits per heavy atom. The van der Waals surface area contributed by atoms with Crippen LogP contribution in [0.15, 0.2) is 5.16 Å². The number of hydrogen-bond acceptors (Lipinski definition) is 5. The van der Waals surface area contributed by atoms with Gasteiger partial charge >= 0.3 is 0 Å². The molecule has 0 aromatic carbocycles. The zero-order valence-corrected chi connectivity index (χ0v) is 17.0. The van der Waals surface area contributed by atoms with Gasteiger partial charge in [-0.1, -0.05) is 32.3 Å². The Morgan fingerprint density at radius 1 is 1.15 bits per heavy atom. The second-order valence-electron chi connectivity index (χ2n) is 9.97. The van der Waals surface area contributed by atoms with Gasteiger partial charge in [0.1, 0.15) is 18.2 Å². The van der Waals surface area contributed by atoms with Gasteiger partial charge in [-0.05, 0) is 55.3 Å². The van der Waals surface area contributed by atoms with Crippen LogP contribution in [-0.2, 0) is 14.4 Å². The summed E-state index contributed by atoms with van der Waals surface area (Å²) < 4.78 is 0. The molecule has 0 aromatic rings. The number of carbonyl (C=O) groups is 2. The zero-order valence-electron chi connectivity index (χ0n) is 17.0. The summed E-state index contributed by atoms with van der Waals surface area (Å²) in [5.41, 5.74) is 6.18. The number of fused-ring (bicyclic) bond motifs is 5. The van der Waals surface area contributed by atoms with E-state index in [4.69, 9.17) is 10.6 Å². The lowest BCUT2D eigenvalue weighted by molar-refractivity contribution is -0.162. The fraction of sp³-hybridized carbons (Fsp3) is 0.864. The van der Waals surface area contributed by atoms with Crippen LogP contribution >= 0.6 is 0 Å². The van der Waals surface area contributed by atoms with Gasteiger partial charge in [-0.2, -0.15) is 0 Å². The molecule has 7 atom stereocenters. The topological polar surface area (TPSA) is 81.8 Å². The summed E-state index contributed by atoms with van der Waals surface area (Å²) in [6, 6.07) is 0. The highest BCUT2D eigenvalue weighted by Gasteiger charge is 2.64. The summed E-state index contributed by atoms with van der Waals surface area (Å²) in [5.74, 6) is 1.31. The lowest BCUT2D eigenvalue weighted by atomic mass is 9.44. The van der Waals surface area contributed by atoms with Crippen molar-refractivity contribution in [1.29, 1.82) is 0 Å². The molecular weight excluding hydrogens is 340 g/mol. The van der Waals surface area contributed by atoms with E-state index in [9.17, 15) is 9.59 Å². The number of Topliss-reactive ketones (excluding diaryl/α,β-unsaturated/α-hetero) is 2. The molecule has 5 nitrogen and oxygen atoms in total. The summed E-state index contributed by atoms with van der Waals surface area (Å²) in [6.07, 6.45) is 7.05. The van der Waals surface area contributed by atoms with Crippen LogP contribution in [0.1, 0.15) is 65.7 Å². The average Bonchev–Trinajstić information content (AvgIpc) is 3.03. The van der Waals surface area contributed by atoms with Crippen molar-refractivity contribution in [3.8, 4) is 0 Å². The van der Waals surface area contributed by atoms with Crippen molar-refractivity contribution in [2.75, 3.05) is 13.2 Å². The van der Waals surface area contributed by atoms with Crippen molar-refractivity contribution in [1.82, 2.24) is 0 Å². The molecule has 4 fully saturated rings. The minimum absolute atomic E-state index is 0.0703. The Hall–Kier alpha value is -1.23. The molecule has 2 N–H and O–H groups in total. The Morgan fingerprint density at radius 3 is 2.67 bits per heavy atom. The third-order valence-corrected chi connectivity index (χ3v) is 8.76. The van der Waals surface area contributed by atoms with Gasteiger partial charge in [0, 0.05) is 24.3 Å². The predicted molar refractivity (Wildman–Crippen MR) is 104 cm³/mol. The van der Waals surface area contributed by atoms with Crippen LogP contribution in [0.25, 0.3) is 0 Å². The second-order valence-corrected chi connectivity index (χ2v) is 9.97. The van der Waals surface area contributed by atoms with Gasteiger partial charge in [-0.15, -0.1) is 0 Å². The highest BCUT2D eigenvalue weighted by atomic mass is 16.6. The van der Waals surface area contributed by atoms with Crippen LogP contribution in [0, 0.1) is 40.4 Å². The van der Waals surface area contributed by atoms with E-state index >= 15 is 0 Å². The molecule has 0 spiro atoms. The minimum Gasteiger partial charge on any atom is -0.394 e. The molecule has 4 aliphatic carbocycles. The summed E-state index contributed by atoms with van der Waals surface area (Å²) in [4.78, 5) is 32.1. The first-order valence-electron chi connectivity index (χ1n) is 10.8. The number of rotatable bonds is 3. The van der Waals surface area contributed by atoms with Gasteiger partial charge < -0.3 is 10.6 Å². The Kier molecular flexibility index (Phi) is 4.73. The van der Waals surface area contributed by atoms with Crippen LogP contribution in [-0.4, -0.2) is 30.4 Å². The number of hydrogen-bond donors (Lipinski definition) is 1. The Labute approximate surface area is 162 Å². The standard InChI is InChI=1S/C22H34N2O3/c1-13-17(24-27-10-9-23)11-14-12-18(25)19-15-5-4-7-21(15,2)8-6-16(19)22(14,3)20(13)26/h13-16,19H,4-12,23H2,1-3H3/t13?,14?,15-,16-,19-,21-,22-/m0/s1. The third-order valence-electron chi connectivity index (χ3n) is 8.76. The van der Waals surface area contributed by atoms with Gasteiger partial charge in [0.25, 0.3) is 0 Å². The highest BCUT2D eigenvalue weighted by Crippen LogP contribution is 2.64. The largest absolute Gasteiger partial charge is 0.394 e. The molecule has 4 rings (SSSR count). The lowest BCUT2D eigenvalue weighted by Crippen LogP contribution is -2.61. The molecule has 0 radical (unpaired) electrons. The van der Waals surface area contributed by atoms with Gasteiger partial charge in [0.2, 0.25) is 0 Å². The van der Waals surface area contributed by atoms with Crippen LogP contribution in [0.3, 0.4) is 0 Å². The van der Waals surface area contributed by atoms with Crippen LogP contribution in [0.2, 0.25) is 0 Å². The number of ketones is 2. The lowest BCUT2D eigenvalue weighted by Gasteiger charge is -2.58. The van der Waals surface area contributed by atoms with E-state index in [1.807, 2.05) is 6.92 Å². The number of nitrogens with zero attached hydrogens (tertiary/aromatic N) is 1. The van der Waals surface area contributed by atoms with Crippen LogP contribution < -0.4 is 5.73 Å². The van der Waals surface area contributed by atoms with Gasteiger partial charge in [0.15, 0.2) is 0 Å². The minimum atomic E-state index is -0.394. The fourth-order valence-corrected chi connectivity index (χ4v) is 7.16. The average molecular weight is 375 g/mol. The molecule has 0 amide bonds. The number of oxime groups is 1. The summed E-state index contributed by atoms with van der Waals surface area (Å²) >= 11 is 0. The maximum absolute atomic E-state index is 13.6. The molecule has 4 saturated carbocycles. The summed E-state index contributed by atoms with van der Waals surface area (Å²) in [7, 11) is 0. The highest BCUT2D eigenvalue weighted by molar-refractivity contribution is 6.10. The first kappa shape index (κ1) is 19.1. The molecule has 0 aromatic heterocycles. The van der Waals surface area contributed by atoms with Crippen molar-refractivity contribution < 1.29 is 14.4 Å². The van der Waals surface area contributed by atoms with Crippen LogP contribution in [0.4, 0.5) is 0 Å². The first-order chi connectivity index (χ1) is 12.8. The van der Waals surface area contributed by atoms with Gasteiger partial charge in [-0.25, -0.2) is 0 Å². The van der Waals surface area contributed by atoms with Gasteiger partial charge in [0.05, 0.1) is 11.6 Å². The van der Waals surface area contributed by atoms with E-state index in [1.165, 1.54) is 12.8 Å². The van der Waals surface area contributed by atoms with E-state index in [-0.39, 0.29) is 29.5 Å². The predicted octanol–water partition coefficient (Wildman–Crippen LogP) is 3.35. The molecule has 0 heterocycles. The van der Waals surface area contributed by atoms with E-state index in [0.29, 0.717) is 43.1 Å². The van der Waals surface area contributed by atoms with Crippen molar-refractivity contribution >= 4 is 17.3 Å². The molecule has 5 heteroatoms. The van der Waals surface area contributed by atoms with E-state index in [2.05, 4.69) is 19.0 Å². The van der Waals surface area contributed by atoms with E-state index < -0.39 is 5.41 Å². The summed E-state index contributed by atoms with van der Waals surface area (Å²) in [5, 5.41) is 4.22. The number of carbonyl (C=O) groups excluding carboxylic acids is 2. The number of nitrogens with two attached hydrogens (primary N) is 1. The van der Waals surface area contributed by atoms with Crippen molar-refractivity contribution in [3.05, 3.63) is 0 Å². The fourth-order valence-electron chi connectivity index (χ4n) is 7.16. The first-order valence-corrected chi connectivity index (χ1v) is 10.8. The zero-order chi connectivity index (χ0) is 19.4. The van der Waals surface area contributed by atoms with Crippen molar-refractivity contribution in [2.45, 2.75) is 65.7 Å². The van der Waals surface area contributed by atoms with Crippen LogP contribution in [0.5, 0.6) is 0 Å². The smallest absolute Gasteiger partial charge is 0.147 e. The third kappa shape index (κ3) is 2.72. The summed E-state index contributed by atoms with van der Waals surface area (Å²) in [6.45, 7) is 7.27. The monoisotopic (exact) mass is 374 g/mol. The normalized spacial score (nSPS) is 48.1. The molecule has 0 saturated heterocycles. The second kappa shape index (κ2) is 6.68. The van der Waals surface area contributed by atoms with Gasteiger partial charge in [-0.3, -0.25) is 9.59 Å². The molecule has 4 aliphatic rings. The quantitative estimate of drug-likeness (QED) is 0.607. The maximum atomic E-state index is 13.6. The SMILES string of the molecule is CC1C(=O)[C@@]2(C)C(CC(=O)[C@H]3[C@@H]4CCC[C@@]4(C)CC[C@@H]32)CC1=NOCCN. The Balaban J connectivity index is 1.66. The Bertz CT molecular complexity index is 674. The van der Waals surface area contributed by atoms with E-state index in [1.54, 1.807) is 0 Å².